The molecule has 2 rings (SSSR count). The average molecular weight is 224 g/mol. The van der Waals surface area contributed by atoms with Gasteiger partial charge in [0.05, 0.1) is 0 Å². The van der Waals surface area contributed by atoms with Crippen LogP contribution in [-0.4, -0.2) is 19.6 Å². The minimum atomic E-state index is 0.414. The van der Waals surface area contributed by atoms with Crippen molar-refractivity contribution in [3.8, 4) is 0 Å². The highest BCUT2D eigenvalue weighted by molar-refractivity contribution is 4.93. The molecule has 16 heavy (non-hydrogen) atoms. The molecule has 0 bridgehead atoms. The number of rotatable bonds is 5. The average Bonchev–Trinajstić information content (AvgIpc) is 3.00. The summed E-state index contributed by atoms with van der Waals surface area (Å²) >= 11 is 0. The second-order valence-electron chi connectivity index (χ2n) is 6.80. The van der Waals surface area contributed by atoms with E-state index in [1.54, 1.807) is 0 Å². The van der Waals surface area contributed by atoms with E-state index in [4.69, 9.17) is 5.73 Å². The second-order valence-corrected chi connectivity index (χ2v) is 6.80. The Balaban J connectivity index is 1.75. The molecule has 0 aromatic rings. The topological polar surface area (TPSA) is 38.0 Å². The van der Waals surface area contributed by atoms with Crippen LogP contribution in [0.5, 0.6) is 0 Å². The first-order chi connectivity index (χ1) is 7.58. The maximum absolute atomic E-state index is 6.01. The molecule has 2 nitrogen and oxygen atoms in total. The molecule has 0 aliphatic heterocycles. The first kappa shape index (κ1) is 12.4. The molecule has 0 unspecified atom stereocenters. The van der Waals surface area contributed by atoms with Crippen molar-refractivity contribution in [3.05, 3.63) is 0 Å². The third-order valence-electron chi connectivity index (χ3n) is 4.92. The zero-order valence-corrected chi connectivity index (χ0v) is 11.0. The molecule has 0 heterocycles. The summed E-state index contributed by atoms with van der Waals surface area (Å²) in [6.45, 7) is 7.97. The molecule has 2 heteroatoms. The first-order valence-corrected chi connectivity index (χ1v) is 6.98. The molecular formula is C14H28N2. The van der Waals surface area contributed by atoms with Gasteiger partial charge in [-0.25, -0.2) is 0 Å². The third kappa shape index (κ3) is 2.98. The van der Waals surface area contributed by atoms with Gasteiger partial charge >= 0.3 is 0 Å². The van der Waals surface area contributed by atoms with Crippen LogP contribution in [0, 0.1) is 16.7 Å². The van der Waals surface area contributed by atoms with Gasteiger partial charge in [-0.3, -0.25) is 0 Å². The molecule has 3 N–H and O–H groups in total. The number of nitrogens with two attached hydrogens (primary N) is 1. The molecule has 2 aliphatic carbocycles. The molecule has 0 amide bonds. The number of hydrogen-bond acceptors (Lipinski definition) is 2. The van der Waals surface area contributed by atoms with Crippen LogP contribution in [-0.2, 0) is 0 Å². The molecule has 0 aromatic heterocycles. The normalized spacial score (nSPS) is 37.3. The van der Waals surface area contributed by atoms with E-state index < -0.39 is 0 Å². The van der Waals surface area contributed by atoms with Gasteiger partial charge in [-0.15, -0.1) is 0 Å². The predicted molar refractivity (Wildman–Crippen MR) is 69.3 cm³/mol. The minimum Gasteiger partial charge on any atom is -0.330 e. The molecule has 0 radical (unpaired) electrons. The Morgan fingerprint density at radius 3 is 2.25 bits per heavy atom. The summed E-state index contributed by atoms with van der Waals surface area (Å²) in [5, 5.41) is 3.68. The molecular weight excluding hydrogens is 196 g/mol. The van der Waals surface area contributed by atoms with Crippen LogP contribution in [0.15, 0.2) is 0 Å². The summed E-state index contributed by atoms with van der Waals surface area (Å²) in [4.78, 5) is 0. The van der Waals surface area contributed by atoms with Gasteiger partial charge in [0.15, 0.2) is 0 Å². The van der Waals surface area contributed by atoms with E-state index in [1.165, 1.54) is 45.1 Å². The maximum Gasteiger partial charge on any atom is 0.00201 e. The van der Waals surface area contributed by atoms with Crippen LogP contribution in [0.1, 0.15) is 52.4 Å². The molecule has 2 saturated carbocycles. The van der Waals surface area contributed by atoms with Gasteiger partial charge < -0.3 is 11.1 Å². The van der Waals surface area contributed by atoms with E-state index in [-0.39, 0.29) is 0 Å². The maximum atomic E-state index is 6.01. The molecule has 94 valence electrons. The van der Waals surface area contributed by atoms with Gasteiger partial charge in [0.25, 0.3) is 0 Å². The van der Waals surface area contributed by atoms with Crippen LogP contribution >= 0.6 is 0 Å². The Labute approximate surface area is 100 Å². The standard InChI is InChI=1S/C14H28N2/c1-12-3-5-14(9-15,6-4-12)11-16-10-13(2)7-8-13/h12,16H,3-11,15H2,1-2H3. The largest absolute Gasteiger partial charge is 0.330 e. The first-order valence-electron chi connectivity index (χ1n) is 6.98. The van der Waals surface area contributed by atoms with Crippen molar-refractivity contribution in [2.24, 2.45) is 22.5 Å². The Bertz CT molecular complexity index is 225. The summed E-state index contributed by atoms with van der Waals surface area (Å²) in [6, 6.07) is 0. The van der Waals surface area contributed by atoms with Crippen molar-refractivity contribution in [3.63, 3.8) is 0 Å². The third-order valence-corrected chi connectivity index (χ3v) is 4.92. The highest BCUT2D eigenvalue weighted by Crippen LogP contribution is 2.44. The van der Waals surface area contributed by atoms with Crippen molar-refractivity contribution >= 4 is 0 Å². The zero-order valence-electron chi connectivity index (χ0n) is 11.0. The van der Waals surface area contributed by atoms with Crippen LogP contribution in [0.25, 0.3) is 0 Å². The Morgan fingerprint density at radius 2 is 1.75 bits per heavy atom. The van der Waals surface area contributed by atoms with Crippen LogP contribution in [0.2, 0.25) is 0 Å². The minimum absolute atomic E-state index is 0.414. The lowest BCUT2D eigenvalue weighted by atomic mass is 9.71. The lowest BCUT2D eigenvalue weighted by molar-refractivity contribution is 0.157. The zero-order chi connectivity index (χ0) is 11.6. The molecule has 0 saturated heterocycles. The van der Waals surface area contributed by atoms with Crippen LogP contribution in [0.4, 0.5) is 0 Å². The van der Waals surface area contributed by atoms with Crippen LogP contribution in [0.3, 0.4) is 0 Å². The molecule has 2 aliphatic rings. The van der Waals surface area contributed by atoms with E-state index >= 15 is 0 Å². The van der Waals surface area contributed by atoms with Gasteiger partial charge in [0.1, 0.15) is 0 Å². The van der Waals surface area contributed by atoms with Gasteiger partial charge in [0, 0.05) is 13.1 Å². The molecule has 0 aromatic carbocycles. The van der Waals surface area contributed by atoms with E-state index in [0.717, 1.165) is 19.0 Å². The number of nitrogens with one attached hydrogen (secondary N) is 1. The van der Waals surface area contributed by atoms with E-state index in [1.807, 2.05) is 0 Å². The van der Waals surface area contributed by atoms with Crippen molar-refractivity contribution in [2.45, 2.75) is 52.4 Å². The lowest BCUT2D eigenvalue weighted by Gasteiger charge is -2.39. The van der Waals surface area contributed by atoms with Crippen molar-refractivity contribution in [1.29, 1.82) is 0 Å². The summed E-state index contributed by atoms with van der Waals surface area (Å²) in [6.07, 6.45) is 8.22. The van der Waals surface area contributed by atoms with Crippen LogP contribution < -0.4 is 11.1 Å². The fourth-order valence-electron chi connectivity index (χ4n) is 2.85. The lowest BCUT2D eigenvalue weighted by Crippen LogP contribution is -2.44. The van der Waals surface area contributed by atoms with Gasteiger partial charge in [-0.1, -0.05) is 26.7 Å². The van der Waals surface area contributed by atoms with Gasteiger partial charge in [-0.2, -0.15) is 0 Å². The highest BCUT2D eigenvalue weighted by atomic mass is 14.9. The van der Waals surface area contributed by atoms with Crippen molar-refractivity contribution in [2.75, 3.05) is 19.6 Å². The second kappa shape index (κ2) is 4.66. The van der Waals surface area contributed by atoms with Crippen molar-refractivity contribution < 1.29 is 0 Å². The van der Waals surface area contributed by atoms with Crippen molar-refractivity contribution in [1.82, 2.24) is 5.32 Å². The smallest absolute Gasteiger partial charge is 0.00201 e. The van der Waals surface area contributed by atoms with Gasteiger partial charge in [-0.05, 0) is 49.0 Å². The van der Waals surface area contributed by atoms with E-state index in [9.17, 15) is 0 Å². The summed E-state index contributed by atoms with van der Waals surface area (Å²) in [5.74, 6) is 0.917. The van der Waals surface area contributed by atoms with E-state index in [2.05, 4.69) is 19.2 Å². The van der Waals surface area contributed by atoms with E-state index in [0.29, 0.717) is 10.8 Å². The number of hydrogen-bond donors (Lipinski definition) is 2. The summed E-state index contributed by atoms with van der Waals surface area (Å²) < 4.78 is 0. The molecule has 0 spiro atoms. The Hall–Kier alpha value is -0.0800. The molecule has 2 fully saturated rings. The predicted octanol–water partition coefficient (Wildman–Crippen LogP) is 2.53. The SMILES string of the molecule is CC1CCC(CN)(CNCC2(C)CC2)CC1. The quantitative estimate of drug-likeness (QED) is 0.753. The highest BCUT2D eigenvalue weighted by Gasteiger charge is 2.38. The fourth-order valence-corrected chi connectivity index (χ4v) is 2.85. The molecule has 0 atom stereocenters. The summed E-state index contributed by atoms with van der Waals surface area (Å²) in [7, 11) is 0. The monoisotopic (exact) mass is 224 g/mol. The van der Waals surface area contributed by atoms with Gasteiger partial charge in [0.2, 0.25) is 0 Å². The Morgan fingerprint density at radius 1 is 1.12 bits per heavy atom. The fraction of sp³-hybridized carbons (Fsp3) is 1.00. The Kier molecular flexibility index (Phi) is 3.60. The summed E-state index contributed by atoms with van der Waals surface area (Å²) in [5.41, 5.74) is 7.05.